The topological polar surface area (TPSA) is 82.5 Å². The number of carboxylic acids is 1. The Kier molecular flexibility index (Phi) is 6.49. The van der Waals surface area contributed by atoms with Crippen molar-refractivity contribution in [2.24, 2.45) is 0 Å². The predicted molar refractivity (Wildman–Crippen MR) is 75.3 cm³/mol. The van der Waals surface area contributed by atoms with Crippen molar-refractivity contribution in [3.8, 4) is 0 Å². The molecule has 0 aliphatic heterocycles. The number of carboxylic acid groups (broad SMARTS) is 1. The summed E-state index contributed by atoms with van der Waals surface area (Å²) >= 11 is 0. The lowest BCUT2D eigenvalue weighted by Gasteiger charge is -2.28. The summed E-state index contributed by atoms with van der Waals surface area (Å²) in [7, 11) is 0. The average Bonchev–Trinajstić information content (AvgIpc) is 2.45. The van der Waals surface area contributed by atoms with Crippen molar-refractivity contribution in [1.82, 2.24) is 15.2 Å². The molecule has 6 nitrogen and oxygen atoms in total. The van der Waals surface area contributed by atoms with Crippen molar-refractivity contribution < 1.29 is 14.7 Å². The highest BCUT2D eigenvalue weighted by Crippen LogP contribution is 2.18. The summed E-state index contributed by atoms with van der Waals surface area (Å²) in [5.41, 5.74) is 0.968. The summed E-state index contributed by atoms with van der Waals surface area (Å²) in [5.74, 6) is -0.852. The second-order valence-corrected chi connectivity index (χ2v) is 4.48. The van der Waals surface area contributed by atoms with Crippen LogP contribution in [0.3, 0.4) is 0 Å². The Morgan fingerprint density at radius 1 is 1.50 bits per heavy atom. The van der Waals surface area contributed by atoms with Gasteiger partial charge in [-0.3, -0.25) is 9.78 Å². The van der Waals surface area contributed by atoms with Crippen LogP contribution in [-0.4, -0.2) is 40.1 Å². The number of carbonyl (C=O) groups excluding carboxylic acids is 1. The van der Waals surface area contributed by atoms with Gasteiger partial charge in [0, 0.05) is 31.9 Å². The van der Waals surface area contributed by atoms with Gasteiger partial charge >= 0.3 is 12.0 Å². The highest BCUT2D eigenvalue weighted by atomic mass is 16.4. The van der Waals surface area contributed by atoms with E-state index >= 15 is 0 Å². The van der Waals surface area contributed by atoms with E-state index in [1.807, 2.05) is 26.0 Å². The van der Waals surface area contributed by atoms with E-state index in [0.717, 1.165) is 5.56 Å². The van der Waals surface area contributed by atoms with Gasteiger partial charge in [-0.15, -0.1) is 0 Å². The van der Waals surface area contributed by atoms with Crippen molar-refractivity contribution >= 4 is 12.0 Å². The number of rotatable bonds is 7. The molecule has 2 N–H and O–H groups in total. The van der Waals surface area contributed by atoms with Crippen molar-refractivity contribution in [3.05, 3.63) is 30.1 Å². The normalized spacial score (nSPS) is 11.7. The zero-order valence-electron chi connectivity index (χ0n) is 11.9. The van der Waals surface area contributed by atoms with Gasteiger partial charge in [-0.1, -0.05) is 6.07 Å². The summed E-state index contributed by atoms with van der Waals surface area (Å²) in [5, 5.41) is 11.3. The Morgan fingerprint density at radius 2 is 2.25 bits per heavy atom. The molecule has 0 aliphatic rings. The van der Waals surface area contributed by atoms with Crippen LogP contribution in [0.1, 0.15) is 38.3 Å². The summed E-state index contributed by atoms with van der Waals surface area (Å²) in [6.45, 7) is 4.78. The molecule has 0 radical (unpaired) electrons. The molecule has 1 aromatic rings. The Balaban J connectivity index is 2.52. The Hall–Kier alpha value is -2.11. The number of aliphatic carboxylic acids is 1. The fourth-order valence-corrected chi connectivity index (χ4v) is 1.93. The largest absolute Gasteiger partial charge is 0.481 e. The number of urea groups is 1. The molecule has 0 fully saturated rings. The molecule has 20 heavy (non-hydrogen) atoms. The molecule has 1 heterocycles. The molecule has 1 atom stereocenters. The molecule has 0 spiro atoms. The second kappa shape index (κ2) is 8.14. The standard InChI is InChI=1S/C14H21N3O3/c1-3-17(11(2)12-6-4-8-15-10-12)14(20)16-9-5-7-13(18)19/h4,6,8,10-11H,3,5,7,9H2,1-2H3,(H,16,20)(H,18,19). The summed E-state index contributed by atoms with van der Waals surface area (Å²) in [6, 6.07) is 3.50. The van der Waals surface area contributed by atoms with Crippen LogP contribution in [0.2, 0.25) is 0 Å². The molecule has 0 aliphatic carbocycles. The molecular weight excluding hydrogens is 258 g/mol. The molecule has 2 amide bonds. The number of amides is 2. The van der Waals surface area contributed by atoms with Crippen molar-refractivity contribution in [2.75, 3.05) is 13.1 Å². The van der Waals surface area contributed by atoms with Crippen LogP contribution in [0.25, 0.3) is 0 Å². The lowest BCUT2D eigenvalue weighted by molar-refractivity contribution is -0.137. The van der Waals surface area contributed by atoms with E-state index < -0.39 is 5.97 Å². The van der Waals surface area contributed by atoms with Gasteiger partial charge in [0.25, 0.3) is 0 Å². The van der Waals surface area contributed by atoms with E-state index in [4.69, 9.17) is 5.11 Å². The predicted octanol–water partition coefficient (Wildman–Crippen LogP) is 2.04. The molecule has 0 saturated carbocycles. The zero-order chi connectivity index (χ0) is 15.0. The van der Waals surface area contributed by atoms with Crippen LogP contribution < -0.4 is 5.32 Å². The molecule has 0 saturated heterocycles. The number of hydrogen-bond donors (Lipinski definition) is 2. The van der Waals surface area contributed by atoms with Crippen LogP contribution in [-0.2, 0) is 4.79 Å². The SMILES string of the molecule is CCN(C(=O)NCCCC(=O)O)C(C)c1cccnc1. The number of hydrogen-bond acceptors (Lipinski definition) is 3. The van der Waals surface area contributed by atoms with E-state index in [-0.39, 0.29) is 18.5 Å². The highest BCUT2D eigenvalue weighted by Gasteiger charge is 2.19. The smallest absolute Gasteiger partial charge is 0.317 e. The summed E-state index contributed by atoms with van der Waals surface area (Å²) in [4.78, 5) is 28.2. The molecule has 1 aromatic heterocycles. The minimum absolute atomic E-state index is 0.0601. The summed E-state index contributed by atoms with van der Waals surface area (Å²) < 4.78 is 0. The maximum Gasteiger partial charge on any atom is 0.317 e. The van der Waals surface area contributed by atoms with Gasteiger partial charge in [-0.05, 0) is 31.9 Å². The van der Waals surface area contributed by atoms with E-state index in [1.165, 1.54) is 0 Å². The van der Waals surface area contributed by atoms with Crippen molar-refractivity contribution in [1.29, 1.82) is 0 Å². The summed E-state index contributed by atoms with van der Waals surface area (Å²) in [6.07, 6.45) is 3.92. The Bertz CT molecular complexity index is 437. The molecule has 110 valence electrons. The molecule has 0 aromatic carbocycles. The third-order valence-electron chi connectivity index (χ3n) is 3.08. The second-order valence-electron chi connectivity index (χ2n) is 4.48. The van der Waals surface area contributed by atoms with E-state index in [1.54, 1.807) is 17.3 Å². The molecule has 1 rings (SSSR count). The first-order chi connectivity index (χ1) is 9.56. The molecular formula is C14H21N3O3. The zero-order valence-corrected chi connectivity index (χ0v) is 11.9. The minimum atomic E-state index is -0.852. The maximum atomic E-state index is 12.1. The van der Waals surface area contributed by atoms with Gasteiger partial charge in [0.15, 0.2) is 0 Å². The maximum absolute atomic E-state index is 12.1. The minimum Gasteiger partial charge on any atom is -0.481 e. The Labute approximate surface area is 118 Å². The van der Waals surface area contributed by atoms with Gasteiger partial charge in [-0.25, -0.2) is 4.79 Å². The third-order valence-corrected chi connectivity index (χ3v) is 3.08. The van der Waals surface area contributed by atoms with Crippen molar-refractivity contribution in [3.63, 3.8) is 0 Å². The lowest BCUT2D eigenvalue weighted by atomic mass is 10.1. The van der Waals surface area contributed by atoms with Crippen molar-refractivity contribution in [2.45, 2.75) is 32.7 Å². The number of pyridine rings is 1. The number of nitrogens with zero attached hydrogens (tertiary/aromatic N) is 2. The van der Waals surface area contributed by atoms with Crippen LogP contribution in [0, 0.1) is 0 Å². The van der Waals surface area contributed by atoms with Crippen LogP contribution in [0.15, 0.2) is 24.5 Å². The average molecular weight is 279 g/mol. The monoisotopic (exact) mass is 279 g/mol. The first kappa shape index (κ1) is 15.9. The molecule has 1 unspecified atom stereocenters. The van der Waals surface area contributed by atoms with E-state index in [0.29, 0.717) is 19.5 Å². The van der Waals surface area contributed by atoms with Gasteiger partial charge in [0.1, 0.15) is 0 Å². The van der Waals surface area contributed by atoms with Gasteiger partial charge in [0.2, 0.25) is 0 Å². The Morgan fingerprint density at radius 3 is 2.80 bits per heavy atom. The first-order valence-corrected chi connectivity index (χ1v) is 6.72. The van der Waals surface area contributed by atoms with Gasteiger partial charge in [0.05, 0.1) is 6.04 Å². The fourth-order valence-electron chi connectivity index (χ4n) is 1.93. The quantitative estimate of drug-likeness (QED) is 0.748. The molecule has 6 heteroatoms. The number of carbonyl (C=O) groups is 2. The fraction of sp³-hybridized carbons (Fsp3) is 0.500. The molecule has 0 bridgehead atoms. The van der Waals surface area contributed by atoms with Crippen LogP contribution in [0.4, 0.5) is 4.79 Å². The van der Waals surface area contributed by atoms with Crippen LogP contribution >= 0.6 is 0 Å². The first-order valence-electron chi connectivity index (χ1n) is 6.72. The van der Waals surface area contributed by atoms with Gasteiger partial charge < -0.3 is 15.3 Å². The van der Waals surface area contributed by atoms with Gasteiger partial charge in [-0.2, -0.15) is 0 Å². The lowest BCUT2D eigenvalue weighted by Crippen LogP contribution is -2.41. The third kappa shape index (κ3) is 4.87. The van der Waals surface area contributed by atoms with Crippen LogP contribution in [0.5, 0.6) is 0 Å². The van der Waals surface area contributed by atoms with E-state index in [2.05, 4.69) is 10.3 Å². The number of nitrogens with one attached hydrogen (secondary N) is 1. The highest BCUT2D eigenvalue weighted by molar-refractivity contribution is 5.74. The number of aromatic nitrogens is 1. The van der Waals surface area contributed by atoms with E-state index in [9.17, 15) is 9.59 Å².